The van der Waals surface area contributed by atoms with Gasteiger partial charge in [0.15, 0.2) is 0 Å². The van der Waals surface area contributed by atoms with Crippen LogP contribution in [-0.2, 0) is 0 Å². The van der Waals surface area contributed by atoms with Crippen LogP contribution in [0.1, 0.15) is 17.2 Å². The molecule has 0 aliphatic carbocycles. The van der Waals surface area contributed by atoms with E-state index in [-0.39, 0.29) is 0 Å². The summed E-state index contributed by atoms with van der Waals surface area (Å²) in [7, 11) is 0. The van der Waals surface area contributed by atoms with Crippen LogP contribution in [0.3, 0.4) is 0 Å². The van der Waals surface area contributed by atoms with Crippen molar-refractivity contribution in [2.75, 3.05) is 5.32 Å². The lowest BCUT2D eigenvalue weighted by Gasteiger charge is -2.13. The van der Waals surface area contributed by atoms with E-state index in [0.717, 1.165) is 11.1 Å². The van der Waals surface area contributed by atoms with Crippen LogP contribution in [0.5, 0.6) is 0 Å². The number of carbonyl (C=O) groups is 1. The van der Waals surface area contributed by atoms with Crippen molar-refractivity contribution < 1.29 is 4.79 Å². The van der Waals surface area contributed by atoms with Crippen molar-refractivity contribution in [1.29, 1.82) is 5.26 Å². The molecule has 0 aromatic heterocycles. The first-order valence-electron chi connectivity index (χ1n) is 6.28. The van der Waals surface area contributed by atoms with Crippen LogP contribution in [0.4, 0.5) is 10.5 Å². The van der Waals surface area contributed by atoms with Gasteiger partial charge in [0.25, 0.3) is 0 Å². The summed E-state index contributed by atoms with van der Waals surface area (Å²) >= 11 is 0. The van der Waals surface area contributed by atoms with Gasteiger partial charge in [-0.05, 0) is 24.6 Å². The monoisotopic (exact) mass is 265 g/mol. The summed E-state index contributed by atoms with van der Waals surface area (Å²) in [6.45, 7) is 1.97. The van der Waals surface area contributed by atoms with Gasteiger partial charge in [0.2, 0.25) is 0 Å². The first kappa shape index (κ1) is 13.6. The summed E-state index contributed by atoms with van der Waals surface area (Å²) in [5, 5.41) is 14.5. The largest absolute Gasteiger partial charge is 0.320 e. The number of benzene rings is 2. The lowest BCUT2D eigenvalue weighted by molar-refractivity contribution is 0.250. The zero-order valence-corrected chi connectivity index (χ0v) is 11.1. The van der Waals surface area contributed by atoms with Crippen molar-refractivity contribution in [2.45, 2.75) is 13.0 Å². The molecule has 2 N–H and O–H groups in total. The molecule has 2 aromatic carbocycles. The first-order chi connectivity index (χ1) is 9.69. The maximum atomic E-state index is 11.8. The van der Waals surface area contributed by atoms with E-state index in [1.54, 1.807) is 12.1 Å². The van der Waals surface area contributed by atoms with Gasteiger partial charge < -0.3 is 10.6 Å². The quantitative estimate of drug-likeness (QED) is 0.893. The molecule has 1 unspecified atom stereocenters. The molecule has 4 heteroatoms. The Morgan fingerprint density at radius 2 is 1.75 bits per heavy atom. The van der Waals surface area contributed by atoms with E-state index in [0.29, 0.717) is 5.69 Å². The first-order valence-corrected chi connectivity index (χ1v) is 6.28. The van der Waals surface area contributed by atoms with Crippen molar-refractivity contribution in [3.05, 3.63) is 65.7 Å². The topological polar surface area (TPSA) is 64.9 Å². The van der Waals surface area contributed by atoms with Crippen molar-refractivity contribution in [3.63, 3.8) is 0 Å². The molecule has 0 aliphatic rings. The molecular weight excluding hydrogens is 250 g/mol. The molecule has 2 aromatic rings. The molecule has 100 valence electrons. The third kappa shape index (κ3) is 3.59. The lowest BCUT2D eigenvalue weighted by atomic mass is 10.1. The summed E-state index contributed by atoms with van der Waals surface area (Å²) in [6, 6.07) is 17.6. The third-order valence-corrected chi connectivity index (χ3v) is 2.85. The average Bonchev–Trinajstić information content (AvgIpc) is 2.47. The zero-order chi connectivity index (χ0) is 14.4. The number of nitriles is 1. The van der Waals surface area contributed by atoms with E-state index in [9.17, 15) is 10.1 Å². The number of hydrogen-bond acceptors (Lipinski definition) is 2. The molecule has 0 bridgehead atoms. The molecule has 0 fully saturated rings. The van der Waals surface area contributed by atoms with Gasteiger partial charge in [-0.15, -0.1) is 0 Å². The fourth-order valence-corrected chi connectivity index (χ4v) is 1.77. The zero-order valence-electron chi connectivity index (χ0n) is 11.1. The second-order valence-electron chi connectivity index (χ2n) is 4.44. The second kappa shape index (κ2) is 6.39. The summed E-state index contributed by atoms with van der Waals surface area (Å²) < 4.78 is 0. The number of nitrogens with zero attached hydrogens (tertiary/aromatic N) is 1. The highest BCUT2D eigenvalue weighted by Gasteiger charge is 2.13. The molecule has 2 rings (SSSR count). The Kier molecular flexibility index (Phi) is 4.35. The van der Waals surface area contributed by atoms with E-state index >= 15 is 0 Å². The Hall–Kier alpha value is -2.80. The number of aryl methyl sites for hydroxylation is 1. The van der Waals surface area contributed by atoms with E-state index in [4.69, 9.17) is 0 Å². The summed E-state index contributed by atoms with van der Waals surface area (Å²) in [6.07, 6.45) is 0. The van der Waals surface area contributed by atoms with Gasteiger partial charge >= 0.3 is 6.03 Å². The van der Waals surface area contributed by atoms with E-state index in [1.165, 1.54) is 0 Å². The lowest BCUT2D eigenvalue weighted by Crippen LogP contribution is -2.31. The Morgan fingerprint density at radius 1 is 1.10 bits per heavy atom. The van der Waals surface area contributed by atoms with Crippen LogP contribution in [0.25, 0.3) is 0 Å². The van der Waals surface area contributed by atoms with Crippen LogP contribution >= 0.6 is 0 Å². The Morgan fingerprint density at radius 3 is 2.35 bits per heavy atom. The number of nitrogens with one attached hydrogen (secondary N) is 2. The van der Waals surface area contributed by atoms with Crippen molar-refractivity contribution in [3.8, 4) is 6.07 Å². The standard InChI is InChI=1S/C16H15N3O/c1-12-7-9-13(10-8-12)15(11-17)19-16(20)18-14-5-3-2-4-6-14/h2-10,15H,1H3,(H2,18,19,20). The van der Waals surface area contributed by atoms with Crippen LogP contribution in [-0.4, -0.2) is 6.03 Å². The Labute approximate surface area is 118 Å². The Balaban J connectivity index is 2.02. The number of hydrogen-bond donors (Lipinski definition) is 2. The van der Waals surface area contributed by atoms with Gasteiger partial charge in [-0.3, -0.25) is 0 Å². The molecule has 20 heavy (non-hydrogen) atoms. The predicted molar refractivity (Wildman–Crippen MR) is 78.1 cm³/mol. The minimum Gasteiger partial charge on any atom is -0.318 e. The highest BCUT2D eigenvalue weighted by atomic mass is 16.2. The number of urea groups is 1. The molecule has 2 amide bonds. The SMILES string of the molecule is Cc1ccc(C(C#N)NC(=O)Nc2ccccc2)cc1. The molecule has 0 aliphatic heterocycles. The highest BCUT2D eigenvalue weighted by molar-refractivity contribution is 5.89. The van der Waals surface area contributed by atoms with Gasteiger partial charge in [-0.25, -0.2) is 4.79 Å². The Bertz CT molecular complexity index is 614. The molecule has 0 spiro atoms. The molecule has 0 radical (unpaired) electrons. The molecule has 0 heterocycles. The number of amides is 2. The van der Waals surface area contributed by atoms with Gasteiger partial charge in [0.1, 0.15) is 6.04 Å². The fraction of sp³-hybridized carbons (Fsp3) is 0.125. The molecular formula is C16H15N3O. The van der Waals surface area contributed by atoms with Gasteiger partial charge in [-0.1, -0.05) is 48.0 Å². The van der Waals surface area contributed by atoms with Crippen LogP contribution in [0.2, 0.25) is 0 Å². The van der Waals surface area contributed by atoms with Gasteiger partial charge in [-0.2, -0.15) is 5.26 Å². The number of rotatable bonds is 3. The average molecular weight is 265 g/mol. The van der Waals surface area contributed by atoms with Crippen molar-refractivity contribution in [1.82, 2.24) is 5.32 Å². The third-order valence-electron chi connectivity index (χ3n) is 2.85. The van der Waals surface area contributed by atoms with E-state index in [2.05, 4.69) is 16.7 Å². The van der Waals surface area contributed by atoms with Gasteiger partial charge in [0.05, 0.1) is 6.07 Å². The van der Waals surface area contributed by atoms with E-state index < -0.39 is 12.1 Å². The second-order valence-corrected chi connectivity index (χ2v) is 4.44. The number of anilines is 1. The summed E-state index contributed by atoms with van der Waals surface area (Å²) in [5.74, 6) is 0. The minimum atomic E-state index is -0.667. The molecule has 4 nitrogen and oxygen atoms in total. The fourth-order valence-electron chi connectivity index (χ4n) is 1.77. The predicted octanol–water partition coefficient (Wildman–Crippen LogP) is 3.38. The normalized spacial score (nSPS) is 11.2. The highest BCUT2D eigenvalue weighted by Crippen LogP contribution is 2.13. The number of carbonyl (C=O) groups excluding carboxylic acids is 1. The minimum absolute atomic E-state index is 0.400. The summed E-state index contributed by atoms with van der Waals surface area (Å²) in [4.78, 5) is 11.8. The molecule has 0 saturated heterocycles. The van der Waals surface area contributed by atoms with Crippen LogP contribution in [0.15, 0.2) is 54.6 Å². The van der Waals surface area contributed by atoms with Crippen LogP contribution < -0.4 is 10.6 Å². The maximum absolute atomic E-state index is 11.8. The summed E-state index contributed by atoms with van der Waals surface area (Å²) in [5.41, 5.74) is 2.56. The molecule has 1 atom stereocenters. The van der Waals surface area contributed by atoms with E-state index in [1.807, 2.05) is 49.4 Å². The number of para-hydroxylation sites is 1. The van der Waals surface area contributed by atoms with Crippen LogP contribution in [0, 0.1) is 18.3 Å². The molecule has 0 saturated carbocycles. The maximum Gasteiger partial charge on any atom is 0.320 e. The van der Waals surface area contributed by atoms with Gasteiger partial charge in [0, 0.05) is 5.69 Å². The smallest absolute Gasteiger partial charge is 0.318 e. The van der Waals surface area contributed by atoms with Crippen molar-refractivity contribution in [2.24, 2.45) is 0 Å². The van der Waals surface area contributed by atoms with Crippen molar-refractivity contribution >= 4 is 11.7 Å².